The fourth-order valence-corrected chi connectivity index (χ4v) is 4.17. The van der Waals surface area contributed by atoms with Gasteiger partial charge in [-0.25, -0.2) is 0 Å². The molecule has 0 saturated heterocycles. The van der Waals surface area contributed by atoms with E-state index >= 15 is 0 Å². The summed E-state index contributed by atoms with van der Waals surface area (Å²) in [5, 5.41) is 9.14. The summed E-state index contributed by atoms with van der Waals surface area (Å²) in [6.45, 7) is 0. The van der Waals surface area contributed by atoms with E-state index in [9.17, 15) is 9.59 Å². The summed E-state index contributed by atoms with van der Waals surface area (Å²) in [7, 11) is 1.67. The first-order valence-corrected chi connectivity index (χ1v) is 10.5. The summed E-state index contributed by atoms with van der Waals surface area (Å²) in [6, 6.07) is 15.5. The number of phenolic OH excluding ortho intramolecular Hbond substituents is 1. The molecule has 0 unspecified atom stereocenters. The molecule has 2 aliphatic carbocycles. The molecular weight excluding hydrogens is 376 g/mol. The van der Waals surface area contributed by atoms with Gasteiger partial charge in [0.2, 0.25) is 0 Å². The molecule has 2 aliphatic rings. The Labute approximate surface area is 180 Å². The molecule has 0 radical (unpaired) electrons. The molecule has 2 fully saturated rings. The van der Waals surface area contributed by atoms with Crippen LogP contribution >= 0.6 is 0 Å². The number of phenols is 1. The number of ether oxygens (including phenoxy) is 1. The molecule has 0 heterocycles. The highest BCUT2D eigenvalue weighted by Gasteiger charge is 2.20. The van der Waals surface area contributed by atoms with Crippen molar-refractivity contribution in [1.82, 2.24) is 0 Å². The summed E-state index contributed by atoms with van der Waals surface area (Å²) in [4.78, 5) is 22.2. The molecule has 0 spiro atoms. The number of Topliss-reactive ketones (excluding diaryl/α,β-unsaturated/α-hetero) is 2. The van der Waals surface area contributed by atoms with E-state index in [2.05, 4.69) is 12.1 Å². The standard InChI is InChI=1S/C13H16O2.C12H14O2.CH4/c1-15-13-8-4-11(5-9-13)10-2-6-12(14)7-3-10;13-11-5-1-9(2-6-11)10-3-7-12(14)8-4-10;/h4-5,8-10H,2-3,6-7H2,1H3;1-2,5-6,10,13H,3-4,7-8H2;1H4. The van der Waals surface area contributed by atoms with Gasteiger partial charge in [0.05, 0.1) is 7.11 Å². The fraction of sp³-hybridized carbons (Fsp3) is 0.462. The first-order valence-electron chi connectivity index (χ1n) is 10.5. The average Bonchev–Trinajstić information content (AvgIpc) is 2.76. The van der Waals surface area contributed by atoms with Gasteiger partial charge >= 0.3 is 0 Å². The SMILES string of the molecule is C.COc1ccc(C2CCC(=O)CC2)cc1.O=C1CCC(c2ccc(O)cc2)CC1. The van der Waals surface area contributed by atoms with Crippen LogP contribution in [-0.2, 0) is 9.59 Å². The Kier molecular flexibility index (Phi) is 9.10. The van der Waals surface area contributed by atoms with Crippen LogP contribution in [0.1, 0.15) is 81.8 Å². The Morgan fingerprint density at radius 3 is 1.43 bits per heavy atom. The Morgan fingerprint density at radius 1 is 0.700 bits per heavy atom. The van der Waals surface area contributed by atoms with E-state index in [0.717, 1.165) is 44.3 Å². The van der Waals surface area contributed by atoms with E-state index in [1.54, 1.807) is 19.2 Å². The minimum atomic E-state index is 0. The zero-order valence-corrected chi connectivity index (χ0v) is 17.1. The minimum absolute atomic E-state index is 0. The molecule has 0 atom stereocenters. The third-order valence-electron chi connectivity index (χ3n) is 6.04. The first-order chi connectivity index (χ1) is 14.0. The van der Waals surface area contributed by atoms with Gasteiger partial charge in [0, 0.05) is 25.7 Å². The zero-order valence-electron chi connectivity index (χ0n) is 17.1. The number of ketones is 2. The van der Waals surface area contributed by atoms with Gasteiger partial charge in [-0.3, -0.25) is 9.59 Å². The Morgan fingerprint density at radius 2 is 1.07 bits per heavy atom. The highest BCUT2D eigenvalue weighted by molar-refractivity contribution is 5.79. The van der Waals surface area contributed by atoms with E-state index in [-0.39, 0.29) is 7.43 Å². The number of carbonyl (C=O) groups is 2. The van der Waals surface area contributed by atoms with Crippen LogP contribution in [0, 0.1) is 0 Å². The predicted molar refractivity (Wildman–Crippen MR) is 120 cm³/mol. The zero-order chi connectivity index (χ0) is 20.6. The monoisotopic (exact) mass is 410 g/mol. The topological polar surface area (TPSA) is 63.6 Å². The van der Waals surface area contributed by atoms with E-state index in [1.165, 1.54) is 11.1 Å². The summed E-state index contributed by atoms with van der Waals surface area (Å²) in [5.74, 6) is 3.08. The molecule has 0 aromatic heterocycles. The van der Waals surface area contributed by atoms with E-state index in [1.807, 2.05) is 24.3 Å². The van der Waals surface area contributed by atoms with E-state index < -0.39 is 0 Å². The van der Waals surface area contributed by atoms with Crippen LogP contribution in [0.3, 0.4) is 0 Å². The average molecular weight is 411 g/mol. The van der Waals surface area contributed by atoms with Gasteiger partial charge < -0.3 is 9.84 Å². The number of hydrogen-bond acceptors (Lipinski definition) is 4. The molecule has 4 rings (SSSR count). The Bertz CT molecular complexity index is 788. The number of hydrogen-bond donors (Lipinski definition) is 1. The first kappa shape index (κ1) is 23.7. The van der Waals surface area contributed by atoms with Crippen LogP contribution in [0.2, 0.25) is 0 Å². The van der Waals surface area contributed by atoms with Crippen molar-refractivity contribution in [3.05, 3.63) is 59.7 Å². The van der Waals surface area contributed by atoms with Crippen LogP contribution in [0.15, 0.2) is 48.5 Å². The number of rotatable bonds is 3. The fourth-order valence-electron chi connectivity index (χ4n) is 4.17. The van der Waals surface area contributed by atoms with Crippen LogP contribution in [0.4, 0.5) is 0 Å². The maximum absolute atomic E-state index is 11.1. The second kappa shape index (κ2) is 11.5. The van der Waals surface area contributed by atoms with Crippen molar-refractivity contribution >= 4 is 11.6 Å². The lowest BCUT2D eigenvalue weighted by molar-refractivity contribution is -0.121. The van der Waals surface area contributed by atoms with Gasteiger partial charge in [-0.2, -0.15) is 0 Å². The summed E-state index contributed by atoms with van der Waals surface area (Å²) in [5.41, 5.74) is 2.58. The molecule has 0 amide bonds. The summed E-state index contributed by atoms with van der Waals surface area (Å²) >= 11 is 0. The normalized spacial score (nSPS) is 17.5. The third-order valence-corrected chi connectivity index (χ3v) is 6.04. The molecule has 2 aromatic rings. The molecule has 162 valence electrons. The Hall–Kier alpha value is -2.62. The van der Waals surface area contributed by atoms with Crippen LogP contribution in [0.25, 0.3) is 0 Å². The molecule has 2 aromatic carbocycles. The molecular formula is C26H34O4. The van der Waals surface area contributed by atoms with Gasteiger partial charge in [0.25, 0.3) is 0 Å². The molecule has 1 N–H and O–H groups in total. The van der Waals surface area contributed by atoms with E-state index in [4.69, 9.17) is 9.84 Å². The van der Waals surface area contributed by atoms with Crippen molar-refractivity contribution < 1.29 is 19.4 Å². The van der Waals surface area contributed by atoms with E-state index in [0.29, 0.717) is 42.0 Å². The van der Waals surface area contributed by atoms with Crippen LogP contribution < -0.4 is 4.74 Å². The smallest absolute Gasteiger partial charge is 0.132 e. The van der Waals surface area contributed by atoms with Crippen molar-refractivity contribution in [2.24, 2.45) is 0 Å². The number of methoxy groups -OCH3 is 1. The third kappa shape index (κ3) is 6.72. The predicted octanol–water partition coefficient (Wildman–Crippen LogP) is 6.18. The van der Waals surface area contributed by atoms with Gasteiger partial charge in [-0.05, 0) is 72.9 Å². The van der Waals surface area contributed by atoms with Crippen molar-refractivity contribution in [3.63, 3.8) is 0 Å². The van der Waals surface area contributed by atoms with Crippen molar-refractivity contribution in [3.8, 4) is 11.5 Å². The van der Waals surface area contributed by atoms with Gasteiger partial charge in [0.1, 0.15) is 23.1 Å². The lowest BCUT2D eigenvalue weighted by Crippen LogP contribution is -2.12. The number of carbonyl (C=O) groups excluding carboxylic acids is 2. The molecule has 4 nitrogen and oxygen atoms in total. The van der Waals surface area contributed by atoms with Crippen molar-refractivity contribution in [1.29, 1.82) is 0 Å². The highest BCUT2D eigenvalue weighted by Crippen LogP contribution is 2.32. The summed E-state index contributed by atoms with van der Waals surface area (Å²) in [6.07, 6.45) is 6.86. The summed E-state index contributed by atoms with van der Waals surface area (Å²) < 4.78 is 5.12. The maximum atomic E-state index is 11.1. The van der Waals surface area contributed by atoms with Crippen LogP contribution in [-0.4, -0.2) is 23.8 Å². The number of benzene rings is 2. The lowest BCUT2D eigenvalue weighted by Gasteiger charge is -2.21. The molecule has 2 saturated carbocycles. The number of aromatic hydroxyl groups is 1. The second-order valence-electron chi connectivity index (χ2n) is 7.99. The van der Waals surface area contributed by atoms with Crippen LogP contribution in [0.5, 0.6) is 11.5 Å². The molecule has 0 aliphatic heterocycles. The largest absolute Gasteiger partial charge is 0.508 e. The van der Waals surface area contributed by atoms with Crippen molar-refractivity contribution in [2.45, 2.75) is 70.6 Å². The second-order valence-corrected chi connectivity index (χ2v) is 7.99. The highest BCUT2D eigenvalue weighted by atomic mass is 16.5. The van der Waals surface area contributed by atoms with Gasteiger partial charge in [-0.15, -0.1) is 0 Å². The molecule has 30 heavy (non-hydrogen) atoms. The lowest BCUT2D eigenvalue weighted by atomic mass is 9.83. The minimum Gasteiger partial charge on any atom is -0.508 e. The molecule has 0 bridgehead atoms. The van der Waals surface area contributed by atoms with Crippen molar-refractivity contribution in [2.75, 3.05) is 7.11 Å². The maximum Gasteiger partial charge on any atom is 0.132 e. The Balaban J connectivity index is 0.000000207. The quantitative estimate of drug-likeness (QED) is 0.656. The van der Waals surface area contributed by atoms with Gasteiger partial charge in [0.15, 0.2) is 0 Å². The van der Waals surface area contributed by atoms with Gasteiger partial charge in [-0.1, -0.05) is 31.7 Å². The molecule has 4 heteroatoms.